The summed E-state index contributed by atoms with van der Waals surface area (Å²) in [7, 11) is 0. The number of para-hydroxylation sites is 1. The van der Waals surface area contributed by atoms with Crippen molar-refractivity contribution in [2.75, 3.05) is 0 Å². The number of nitro groups is 1. The summed E-state index contributed by atoms with van der Waals surface area (Å²) in [5.41, 5.74) is 6.86. The number of nitro benzene ring substituents is 1. The Kier molecular flexibility index (Phi) is 2.68. The van der Waals surface area contributed by atoms with Crippen LogP contribution in [0.3, 0.4) is 0 Å². The molecule has 4 heteroatoms. The SMILES string of the molecule is N[C@H](c1ccccc1[N+](=O)[O-])C1CCC1. The van der Waals surface area contributed by atoms with Crippen molar-refractivity contribution in [1.82, 2.24) is 0 Å². The van der Waals surface area contributed by atoms with Crippen molar-refractivity contribution in [2.24, 2.45) is 11.7 Å². The molecular formula is C11H14N2O2. The molecule has 2 N–H and O–H groups in total. The minimum absolute atomic E-state index is 0.150. The van der Waals surface area contributed by atoms with Crippen LogP contribution in [0.15, 0.2) is 24.3 Å². The molecule has 0 aliphatic heterocycles. The van der Waals surface area contributed by atoms with E-state index in [2.05, 4.69) is 0 Å². The molecule has 80 valence electrons. The molecule has 0 saturated heterocycles. The quantitative estimate of drug-likeness (QED) is 0.609. The topological polar surface area (TPSA) is 69.2 Å². The zero-order valence-corrected chi connectivity index (χ0v) is 8.43. The highest BCUT2D eigenvalue weighted by atomic mass is 16.6. The minimum Gasteiger partial charge on any atom is -0.324 e. The fourth-order valence-electron chi connectivity index (χ4n) is 1.99. The molecule has 0 amide bonds. The van der Waals surface area contributed by atoms with Gasteiger partial charge in [0, 0.05) is 17.7 Å². The first-order valence-electron chi connectivity index (χ1n) is 5.19. The van der Waals surface area contributed by atoms with E-state index >= 15 is 0 Å². The third kappa shape index (κ3) is 1.85. The number of nitrogens with zero attached hydrogens (tertiary/aromatic N) is 1. The van der Waals surface area contributed by atoms with E-state index in [0.717, 1.165) is 12.8 Å². The smallest absolute Gasteiger partial charge is 0.274 e. The zero-order chi connectivity index (χ0) is 10.8. The summed E-state index contributed by atoms with van der Waals surface area (Å²) < 4.78 is 0. The van der Waals surface area contributed by atoms with Gasteiger partial charge in [-0.1, -0.05) is 24.6 Å². The third-order valence-electron chi connectivity index (χ3n) is 3.15. The molecule has 1 aliphatic rings. The van der Waals surface area contributed by atoms with E-state index in [1.807, 2.05) is 0 Å². The molecule has 0 bridgehead atoms. The van der Waals surface area contributed by atoms with Crippen LogP contribution >= 0.6 is 0 Å². The second-order valence-electron chi connectivity index (χ2n) is 4.03. The van der Waals surface area contributed by atoms with Crippen molar-refractivity contribution >= 4 is 5.69 Å². The maximum absolute atomic E-state index is 10.8. The highest BCUT2D eigenvalue weighted by Crippen LogP contribution is 2.38. The molecule has 0 unspecified atom stereocenters. The van der Waals surface area contributed by atoms with E-state index in [0.29, 0.717) is 11.5 Å². The summed E-state index contributed by atoms with van der Waals surface area (Å²) in [6.45, 7) is 0. The maximum Gasteiger partial charge on any atom is 0.274 e. The van der Waals surface area contributed by atoms with Gasteiger partial charge in [-0.25, -0.2) is 0 Å². The number of rotatable bonds is 3. The maximum atomic E-state index is 10.8. The molecule has 1 aromatic rings. The summed E-state index contributed by atoms with van der Waals surface area (Å²) >= 11 is 0. The Morgan fingerprint density at radius 1 is 1.40 bits per heavy atom. The van der Waals surface area contributed by atoms with Crippen molar-refractivity contribution in [3.8, 4) is 0 Å². The van der Waals surface area contributed by atoms with Gasteiger partial charge in [-0.2, -0.15) is 0 Å². The van der Waals surface area contributed by atoms with Gasteiger partial charge in [0.25, 0.3) is 5.69 Å². The third-order valence-corrected chi connectivity index (χ3v) is 3.15. The molecule has 0 aromatic heterocycles. The first-order chi connectivity index (χ1) is 7.20. The fourth-order valence-corrected chi connectivity index (χ4v) is 1.99. The predicted molar refractivity (Wildman–Crippen MR) is 57.4 cm³/mol. The number of hydrogen-bond acceptors (Lipinski definition) is 3. The highest BCUT2D eigenvalue weighted by molar-refractivity contribution is 5.42. The summed E-state index contributed by atoms with van der Waals surface area (Å²) in [4.78, 5) is 10.5. The van der Waals surface area contributed by atoms with Gasteiger partial charge in [0.2, 0.25) is 0 Å². The lowest BCUT2D eigenvalue weighted by atomic mass is 9.77. The Bertz CT molecular complexity index is 375. The average molecular weight is 206 g/mol. The minimum atomic E-state index is -0.353. The summed E-state index contributed by atoms with van der Waals surface area (Å²) in [6.07, 6.45) is 3.37. The van der Waals surface area contributed by atoms with Gasteiger partial charge < -0.3 is 5.73 Å². The van der Waals surface area contributed by atoms with Crippen LogP contribution in [0.1, 0.15) is 30.9 Å². The Balaban J connectivity index is 2.29. The normalized spacial score (nSPS) is 18.2. The molecule has 4 nitrogen and oxygen atoms in total. The molecule has 0 radical (unpaired) electrons. The van der Waals surface area contributed by atoms with Crippen LogP contribution in [0.25, 0.3) is 0 Å². The van der Waals surface area contributed by atoms with E-state index in [4.69, 9.17) is 5.73 Å². The summed E-state index contributed by atoms with van der Waals surface area (Å²) in [6, 6.07) is 6.59. The first kappa shape index (κ1) is 10.1. The standard InChI is InChI=1S/C11H14N2O2/c12-11(8-4-3-5-8)9-6-1-2-7-10(9)13(14)15/h1-2,6-8,11H,3-5,12H2/t11-/m0/s1. The van der Waals surface area contributed by atoms with Crippen molar-refractivity contribution in [2.45, 2.75) is 25.3 Å². The second kappa shape index (κ2) is 3.98. The molecule has 2 rings (SSSR count). The lowest BCUT2D eigenvalue weighted by Gasteiger charge is -2.31. The average Bonchev–Trinajstić information content (AvgIpc) is 2.15. The van der Waals surface area contributed by atoms with Crippen LogP contribution in [-0.2, 0) is 0 Å². The van der Waals surface area contributed by atoms with Crippen molar-refractivity contribution in [1.29, 1.82) is 0 Å². The number of hydrogen-bond donors (Lipinski definition) is 1. The largest absolute Gasteiger partial charge is 0.324 e. The van der Waals surface area contributed by atoms with Gasteiger partial charge in [0.1, 0.15) is 0 Å². The van der Waals surface area contributed by atoms with E-state index in [-0.39, 0.29) is 16.7 Å². The van der Waals surface area contributed by atoms with Gasteiger partial charge in [0.15, 0.2) is 0 Å². The van der Waals surface area contributed by atoms with Crippen LogP contribution in [0.5, 0.6) is 0 Å². The van der Waals surface area contributed by atoms with E-state index in [9.17, 15) is 10.1 Å². The Labute approximate surface area is 88.2 Å². The van der Waals surface area contributed by atoms with Gasteiger partial charge in [-0.3, -0.25) is 10.1 Å². The molecule has 1 saturated carbocycles. The van der Waals surface area contributed by atoms with E-state index in [1.54, 1.807) is 18.2 Å². The Morgan fingerprint density at radius 2 is 2.07 bits per heavy atom. The van der Waals surface area contributed by atoms with E-state index < -0.39 is 0 Å². The van der Waals surface area contributed by atoms with Crippen molar-refractivity contribution in [3.05, 3.63) is 39.9 Å². The zero-order valence-electron chi connectivity index (χ0n) is 8.43. The van der Waals surface area contributed by atoms with Crippen LogP contribution in [0.2, 0.25) is 0 Å². The van der Waals surface area contributed by atoms with Crippen LogP contribution in [0.4, 0.5) is 5.69 Å². The Hall–Kier alpha value is -1.42. The molecule has 0 spiro atoms. The molecule has 1 aliphatic carbocycles. The lowest BCUT2D eigenvalue weighted by Crippen LogP contribution is -2.27. The Morgan fingerprint density at radius 3 is 2.60 bits per heavy atom. The lowest BCUT2D eigenvalue weighted by molar-refractivity contribution is -0.385. The van der Waals surface area contributed by atoms with Gasteiger partial charge >= 0.3 is 0 Å². The monoisotopic (exact) mass is 206 g/mol. The van der Waals surface area contributed by atoms with Gasteiger partial charge in [-0.15, -0.1) is 0 Å². The number of benzene rings is 1. The van der Waals surface area contributed by atoms with Gasteiger partial charge in [-0.05, 0) is 18.8 Å². The highest BCUT2D eigenvalue weighted by Gasteiger charge is 2.29. The predicted octanol–water partition coefficient (Wildman–Crippen LogP) is 2.39. The fraction of sp³-hybridized carbons (Fsp3) is 0.455. The number of nitrogens with two attached hydrogens (primary N) is 1. The van der Waals surface area contributed by atoms with Crippen LogP contribution in [0, 0.1) is 16.0 Å². The van der Waals surface area contributed by atoms with Crippen molar-refractivity contribution in [3.63, 3.8) is 0 Å². The summed E-state index contributed by atoms with van der Waals surface area (Å²) in [5, 5.41) is 10.8. The van der Waals surface area contributed by atoms with E-state index in [1.165, 1.54) is 12.5 Å². The molecule has 1 aromatic carbocycles. The molecule has 15 heavy (non-hydrogen) atoms. The second-order valence-corrected chi connectivity index (χ2v) is 4.03. The molecular weight excluding hydrogens is 192 g/mol. The molecule has 1 atom stereocenters. The first-order valence-corrected chi connectivity index (χ1v) is 5.19. The van der Waals surface area contributed by atoms with Crippen LogP contribution < -0.4 is 5.73 Å². The summed E-state index contributed by atoms with van der Waals surface area (Å²) in [5.74, 6) is 0.422. The van der Waals surface area contributed by atoms with Gasteiger partial charge in [0.05, 0.1) is 4.92 Å². The molecule has 1 fully saturated rings. The van der Waals surface area contributed by atoms with Crippen LogP contribution in [-0.4, -0.2) is 4.92 Å². The van der Waals surface area contributed by atoms with Crippen molar-refractivity contribution < 1.29 is 4.92 Å². The molecule has 0 heterocycles.